The fourth-order valence-corrected chi connectivity index (χ4v) is 5.86. The number of fused-ring (bicyclic) bond motifs is 1. The normalized spacial score (nSPS) is 15.3. The second kappa shape index (κ2) is 12.1. The molecule has 7 nitrogen and oxygen atoms in total. The molecule has 0 radical (unpaired) electrons. The summed E-state index contributed by atoms with van der Waals surface area (Å²) in [4.78, 5) is 32.2. The average Bonchev–Trinajstić information content (AvgIpc) is 3.17. The molecule has 0 saturated heterocycles. The van der Waals surface area contributed by atoms with Gasteiger partial charge in [-0.3, -0.25) is 9.36 Å². The number of allylic oxidation sites excluding steroid dienone is 1. The van der Waals surface area contributed by atoms with Crippen LogP contribution >= 0.6 is 27.3 Å². The number of rotatable bonds is 9. The largest absolute Gasteiger partial charge is 0.490 e. The molecule has 200 valence electrons. The van der Waals surface area contributed by atoms with E-state index in [9.17, 15) is 9.59 Å². The Hall–Kier alpha value is -3.17. The molecule has 3 aromatic rings. The number of hydrogen-bond donors (Lipinski definition) is 0. The lowest BCUT2D eigenvalue weighted by Crippen LogP contribution is -2.40. The first-order valence-electron chi connectivity index (χ1n) is 12.6. The minimum absolute atomic E-state index is 0.231. The number of aromatic nitrogens is 1. The van der Waals surface area contributed by atoms with Crippen LogP contribution in [0, 0.1) is 0 Å². The number of hydrogen-bond acceptors (Lipinski definition) is 7. The molecule has 0 fully saturated rings. The predicted molar refractivity (Wildman–Crippen MR) is 153 cm³/mol. The second-order valence-corrected chi connectivity index (χ2v) is 10.9. The summed E-state index contributed by atoms with van der Waals surface area (Å²) in [6.07, 6.45) is 2.38. The van der Waals surface area contributed by atoms with Crippen LogP contribution in [0.4, 0.5) is 0 Å². The summed E-state index contributed by atoms with van der Waals surface area (Å²) >= 11 is 4.88. The summed E-state index contributed by atoms with van der Waals surface area (Å²) in [5.41, 5.74) is 2.26. The van der Waals surface area contributed by atoms with Gasteiger partial charge < -0.3 is 14.2 Å². The molecule has 2 aromatic carbocycles. The van der Waals surface area contributed by atoms with Crippen molar-refractivity contribution in [2.24, 2.45) is 4.99 Å². The highest BCUT2D eigenvalue weighted by atomic mass is 79.9. The van der Waals surface area contributed by atoms with Gasteiger partial charge in [0.25, 0.3) is 5.56 Å². The van der Waals surface area contributed by atoms with Crippen molar-refractivity contribution in [1.29, 1.82) is 0 Å². The van der Waals surface area contributed by atoms with E-state index in [-0.39, 0.29) is 11.7 Å². The Morgan fingerprint density at radius 1 is 1.18 bits per heavy atom. The van der Waals surface area contributed by atoms with Gasteiger partial charge in [0.2, 0.25) is 0 Å². The molecule has 9 heteroatoms. The standard InChI is InChI=1S/C29H31BrN2O5S/c1-6-13-36-26-21(30)14-19(15-22(26)35-7-2)16-23-27(33)32-25(20-11-9-8-10-12-20)24(28(34)37-17(3)4)18(5)31-29(32)38-23/h8-12,14-17,25H,6-7,13H2,1-5H3. The summed E-state index contributed by atoms with van der Waals surface area (Å²) in [5, 5.41) is 0. The van der Waals surface area contributed by atoms with E-state index in [1.165, 1.54) is 11.3 Å². The number of ether oxygens (including phenoxy) is 3. The second-order valence-electron chi connectivity index (χ2n) is 9.06. The van der Waals surface area contributed by atoms with Gasteiger partial charge >= 0.3 is 5.97 Å². The van der Waals surface area contributed by atoms with Gasteiger partial charge in [-0.05, 0) is 79.4 Å². The van der Waals surface area contributed by atoms with Gasteiger partial charge in [0.05, 0.1) is 45.6 Å². The fourth-order valence-electron chi connectivity index (χ4n) is 4.24. The van der Waals surface area contributed by atoms with Crippen molar-refractivity contribution in [3.8, 4) is 11.5 Å². The molecular formula is C29H31BrN2O5S. The van der Waals surface area contributed by atoms with Gasteiger partial charge in [-0.15, -0.1) is 0 Å². The molecule has 4 rings (SSSR count). The minimum Gasteiger partial charge on any atom is -0.490 e. The molecule has 1 aliphatic rings. The third-order valence-corrected chi connectivity index (χ3v) is 7.35. The lowest BCUT2D eigenvalue weighted by molar-refractivity contribution is -0.143. The minimum atomic E-state index is -0.642. The first kappa shape index (κ1) is 27.9. The molecular weight excluding hydrogens is 568 g/mol. The van der Waals surface area contributed by atoms with Crippen LogP contribution in [0.15, 0.2) is 68.0 Å². The zero-order valence-corrected chi connectivity index (χ0v) is 24.5. The van der Waals surface area contributed by atoms with Gasteiger partial charge in [0.15, 0.2) is 16.3 Å². The lowest BCUT2D eigenvalue weighted by Gasteiger charge is -2.25. The zero-order chi connectivity index (χ0) is 27.4. The van der Waals surface area contributed by atoms with Crippen LogP contribution < -0.4 is 24.4 Å². The Balaban J connectivity index is 1.88. The molecule has 0 amide bonds. The summed E-state index contributed by atoms with van der Waals surface area (Å²) < 4.78 is 20.1. The number of thiazole rings is 1. The summed E-state index contributed by atoms with van der Waals surface area (Å²) in [6.45, 7) is 10.4. The Bertz CT molecular complexity index is 1540. The molecule has 0 spiro atoms. The van der Waals surface area contributed by atoms with Crippen molar-refractivity contribution >= 4 is 39.3 Å². The zero-order valence-electron chi connectivity index (χ0n) is 22.1. The number of halogens is 1. The first-order valence-corrected chi connectivity index (χ1v) is 14.2. The third kappa shape index (κ3) is 5.78. The summed E-state index contributed by atoms with van der Waals surface area (Å²) in [5.74, 6) is 0.767. The van der Waals surface area contributed by atoms with E-state index in [0.717, 1.165) is 22.0 Å². The summed E-state index contributed by atoms with van der Waals surface area (Å²) in [6, 6.07) is 12.6. The topological polar surface area (TPSA) is 79.1 Å². The van der Waals surface area contributed by atoms with E-state index in [1.54, 1.807) is 25.3 Å². The molecule has 0 N–H and O–H groups in total. The van der Waals surface area contributed by atoms with Crippen molar-refractivity contribution in [3.63, 3.8) is 0 Å². The van der Waals surface area contributed by atoms with E-state index >= 15 is 0 Å². The number of carbonyl (C=O) groups is 1. The Labute approximate surface area is 234 Å². The van der Waals surface area contributed by atoms with Gasteiger partial charge in [-0.2, -0.15) is 0 Å². The molecule has 1 atom stereocenters. The molecule has 38 heavy (non-hydrogen) atoms. The average molecular weight is 600 g/mol. The Morgan fingerprint density at radius 2 is 1.92 bits per heavy atom. The van der Waals surface area contributed by atoms with Crippen molar-refractivity contribution in [3.05, 3.63) is 89.0 Å². The maximum Gasteiger partial charge on any atom is 0.338 e. The van der Waals surface area contributed by atoms with Crippen molar-refractivity contribution in [1.82, 2.24) is 4.57 Å². The van der Waals surface area contributed by atoms with E-state index in [4.69, 9.17) is 14.2 Å². The first-order chi connectivity index (χ1) is 18.2. The summed E-state index contributed by atoms with van der Waals surface area (Å²) in [7, 11) is 0. The monoisotopic (exact) mass is 598 g/mol. The van der Waals surface area contributed by atoms with Crippen LogP contribution in [0.5, 0.6) is 11.5 Å². The van der Waals surface area contributed by atoms with Gasteiger partial charge in [-0.25, -0.2) is 9.79 Å². The highest BCUT2D eigenvalue weighted by Crippen LogP contribution is 2.37. The molecule has 2 heterocycles. The fraction of sp³-hybridized carbons (Fsp3) is 0.345. The third-order valence-electron chi connectivity index (χ3n) is 5.78. The Kier molecular flexibility index (Phi) is 8.89. The molecule has 1 aliphatic heterocycles. The predicted octanol–water partition coefficient (Wildman–Crippen LogP) is 5.14. The highest BCUT2D eigenvalue weighted by molar-refractivity contribution is 9.10. The molecule has 1 unspecified atom stereocenters. The maximum absolute atomic E-state index is 13.8. The van der Waals surface area contributed by atoms with Crippen LogP contribution in [-0.4, -0.2) is 29.9 Å². The number of carbonyl (C=O) groups excluding carboxylic acids is 1. The molecule has 0 aliphatic carbocycles. The Morgan fingerprint density at radius 3 is 2.58 bits per heavy atom. The number of nitrogens with zero attached hydrogens (tertiary/aromatic N) is 2. The number of benzene rings is 2. The van der Waals surface area contributed by atoms with Crippen molar-refractivity contribution in [2.45, 2.75) is 53.2 Å². The van der Waals surface area contributed by atoms with Crippen molar-refractivity contribution in [2.75, 3.05) is 13.2 Å². The van der Waals surface area contributed by atoms with Gasteiger partial charge in [-0.1, -0.05) is 48.6 Å². The van der Waals surface area contributed by atoms with Crippen LogP contribution in [0.2, 0.25) is 0 Å². The lowest BCUT2D eigenvalue weighted by atomic mass is 9.96. The van der Waals surface area contributed by atoms with E-state index in [0.29, 0.717) is 45.3 Å². The molecule has 1 aromatic heterocycles. The van der Waals surface area contributed by atoms with Crippen LogP contribution in [0.3, 0.4) is 0 Å². The van der Waals surface area contributed by atoms with E-state index in [1.807, 2.05) is 62.4 Å². The maximum atomic E-state index is 13.8. The van der Waals surface area contributed by atoms with Crippen LogP contribution in [0.25, 0.3) is 6.08 Å². The van der Waals surface area contributed by atoms with Crippen LogP contribution in [0.1, 0.15) is 58.2 Å². The molecule has 0 saturated carbocycles. The molecule has 0 bridgehead atoms. The van der Waals surface area contributed by atoms with Crippen molar-refractivity contribution < 1.29 is 19.0 Å². The van der Waals surface area contributed by atoms with Gasteiger partial charge in [0, 0.05) is 0 Å². The van der Waals surface area contributed by atoms with E-state index < -0.39 is 12.0 Å². The quantitative estimate of drug-likeness (QED) is 0.319. The van der Waals surface area contributed by atoms with Crippen LogP contribution in [-0.2, 0) is 9.53 Å². The van der Waals surface area contributed by atoms with E-state index in [2.05, 4.69) is 20.9 Å². The smallest absolute Gasteiger partial charge is 0.338 e. The number of esters is 1. The SMILES string of the molecule is CCCOc1c(Br)cc(C=c2sc3n(c2=O)C(c2ccccc2)C(C(=O)OC(C)C)=C(C)N=3)cc1OCC. The highest BCUT2D eigenvalue weighted by Gasteiger charge is 2.33. The van der Waals surface area contributed by atoms with Gasteiger partial charge in [0.1, 0.15) is 0 Å².